The summed E-state index contributed by atoms with van der Waals surface area (Å²) < 4.78 is 6.09. The van der Waals surface area contributed by atoms with Gasteiger partial charge in [0.1, 0.15) is 0 Å². The van der Waals surface area contributed by atoms with Crippen LogP contribution in [0.4, 0.5) is 0 Å². The average Bonchev–Trinajstić information content (AvgIpc) is 2.54. The van der Waals surface area contributed by atoms with Gasteiger partial charge in [-0.3, -0.25) is 0 Å². The second kappa shape index (κ2) is 7.25. The molecule has 5 fully saturated rings. The lowest BCUT2D eigenvalue weighted by Gasteiger charge is -2.56. The van der Waals surface area contributed by atoms with Crippen LogP contribution in [0, 0.1) is 23.2 Å². The van der Waals surface area contributed by atoms with Crippen molar-refractivity contribution in [2.75, 3.05) is 26.8 Å². The maximum atomic E-state index is 10.4. The highest BCUT2D eigenvalue weighted by molar-refractivity contribution is 5.01. The Kier molecular flexibility index (Phi) is 5.22. The van der Waals surface area contributed by atoms with E-state index in [1.54, 1.807) is 0 Å². The highest BCUT2D eigenvalue weighted by Gasteiger charge is 2.50. The van der Waals surface area contributed by atoms with E-state index in [0.717, 1.165) is 30.9 Å². The van der Waals surface area contributed by atoms with Gasteiger partial charge < -0.3 is 14.7 Å². The molecule has 24 heavy (non-hydrogen) atoms. The van der Waals surface area contributed by atoms with Gasteiger partial charge in [-0.2, -0.15) is 0 Å². The molecule has 0 radical (unpaired) electrons. The predicted molar refractivity (Wildman–Crippen MR) is 96.9 cm³/mol. The monoisotopic (exact) mass is 335 g/mol. The van der Waals surface area contributed by atoms with Gasteiger partial charge in [0, 0.05) is 12.6 Å². The fraction of sp³-hybridized carbons (Fsp3) is 1.00. The Morgan fingerprint density at radius 2 is 1.58 bits per heavy atom. The molecule has 0 aromatic carbocycles. The minimum atomic E-state index is -0.328. The van der Waals surface area contributed by atoms with Crippen molar-refractivity contribution in [1.82, 2.24) is 4.90 Å². The van der Waals surface area contributed by atoms with Gasteiger partial charge in [-0.15, -0.1) is 0 Å². The maximum absolute atomic E-state index is 10.4. The first-order valence-corrected chi connectivity index (χ1v) is 10.6. The Bertz CT molecular complexity index is 383. The second-order valence-corrected chi connectivity index (χ2v) is 9.82. The van der Waals surface area contributed by atoms with Gasteiger partial charge in [-0.1, -0.05) is 19.3 Å². The van der Waals surface area contributed by atoms with Crippen molar-refractivity contribution in [3.05, 3.63) is 0 Å². The van der Waals surface area contributed by atoms with Gasteiger partial charge in [0.05, 0.1) is 19.3 Å². The lowest BCUT2D eigenvalue weighted by atomic mass is 9.50. The molecule has 4 bridgehead atoms. The summed E-state index contributed by atoms with van der Waals surface area (Å²) in [5, 5.41) is 10.4. The Morgan fingerprint density at radius 1 is 1.00 bits per heavy atom. The Morgan fingerprint density at radius 3 is 2.17 bits per heavy atom. The third kappa shape index (κ3) is 3.83. The standard InChI is InChI=1S/C21H37NO2/c1-22(19-5-3-2-4-6-19)13-20(23)14-24-15-21-10-16-7-17(11-21)9-18(8-16)12-21/h16-20,23H,2-15H2,1H3/t16?,17?,18?,20-,21?/m0/s1. The van der Waals surface area contributed by atoms with Crippen LogP contribution in [0.2, 0.25) is 0 Å². The number of hydrogen-bond donors (Lipinski definition) is 1. The van der Waals surface area contributed by atoms with Gasteiger partial charge in [0.15, 0.2) is 0 Å². The van der Waals surface area contributed by atoms with Crippen LogP contribution in [0.5, 0.6) is 0 Å². The Balaban J connectivity index is 1.20. The molecule has 3 heteroatoms. The molecule has 138 valence electrons. The van der Waals surface area contributed by atoms with E-state index in [-0.39, 0.29) is 6.10 Å². The summed E-state index contributed by atoms with van der Waals surface area (Å²) in [6, 6.07) is 0.677. The summed E-state index contributed by atoms with van der Waals surface area (Å²) >= 11 is 0. The second-order valence-electron chi connectivity index (χ2n) is 9.82. The van der Waals surface area contributed by atoms with Crippen molar-refractivity contribution in [3.8, 4) is 0 Å². The van der Waals surface area contributed by atoms with E-state index >= 15 is 0 Å². The fourth-order valence-corrected chi connectivity index (χ4v) is 6.93. The summed E-state index contributed by atoms with van der Waals surface area (Å²) in [4.78, 5) is 2.37. The largest absolute Gasteiger partial charge is 0.389 e. The normalized spacial score (nSPS) is 40.4. The van der Waals surface area contributed by atoms with Crippen LogP contribution in [0.15, 0.2) is 0 Å². The van der Waals surface area contributed by atoms with Crippen LogP contribution in [0.3, 0.4) is 0 Å². The van der Waals surface area contributed by atoms with Gasteiger partial charge in [-0.05, 0) is 81.6 Å². The molecule has 0 unspecified atom stereocenters. The molecular weight excluding hydrogens is 298 g/mol. The van der Waals surface area contributed by atoms with Crippen LogP contribution in [-0.2, 0) is 4.74 Å². The molecule has 0 heterocycles. The van der Waals surface area contributed by atoms with E-state index in [9.17, 15) is 5.11 Å². The van der Waals surface area contributed by atoms with E-state index in [0.29, 0.717) is 18.1 Å². The molecule has 5 saturated carbocycles. The van der Waals surface area contributed by atoms with E-state index in [4.69, 9.17) is 4.74 Å². The number of rotatable bonds is 7. The number of hydrogen-bond acceptors (Lipinski definition) is 3. The Hall–Kier alpha value is -0.120. The molecular formula is C21H37NO2. The Labute approximate surface area is 148 Å². The zero-order valence-corrected chi connectivity index (χ0v) is 15.6. The van der Waals surface area contributed by atoms with Crippen LogP contribution in [0.25, 0.3) is 0 Å². The van der Waals surface area contributed by atoms with E-state index in [2.05, 4.69) is 11.9 Å². The first-order chi connectivity index (χ1) is 11.6. The van der Waals surface area contributed by atoms with E-state index in [1.165, 1.54) is 70.6 Å². The van der Waals surface area contributed by atoms with Crippen LogP contribution in [-0.4, -0.2) is 49.0 Å². The molecule has 0 saturated heterocycles. The summed E-state index contributed by atoms with van der Waals surface area (Å²) in [6.45, 7) is 2.20. The maximum Gasteiger partial charge on any atom is 0.0900 e. The lowest BCUT2D eigenvalue weighted by molar-refractivity contribution is -0.107. The number of nitrogens with zero attached hydrogens (tertiary/aromatic N) is 1. The smallest absolute Gasteiger partial charge is 0.0900 e. The molecule has 0 amide bonds. The van der Waals surface area contributed by atoms with Crippen molar-refractivity contribution >= 4 is 0 Å². The van der Waals surface area contributed by atoms with Crippen LogP contribution in [0.1, 0.15) is 70.6 Å². The molecule has 0 aromatic rings. The number of ether oxygens (including phenoxy) is 1. The van der Waals surface area contributed by atoms with Gasteiger partial charge in [0.2, 0.25) is 0 Å². The molecule has 1 N–H and O–H groups in total. The third-order valence-corrected chi connectivity index (χ3v) is 7.58. The van der Waals surface area contributed by atoms with Crippen molar-refractivity contribution in [3.63, 3.8) is 0 Å². The van der Waals surface area contributed by atoms with Crippen LogP contribution >= 0.6 is 0 Å². The lowest BCUT2D eigenvalue weighted by Crippen LogP contribution is -2.48. The summed E-state index contributed by atoms with van der Waals surface area (Å²) in [6.07, 6.45) is 15.1. The minimum Gasteiger partial charge on any atom is -0.389 e. The highest BCUT2D eigenvalue weighted by Crippen LogP contribution is 2.60. The minimum absolute atomic E-state index is 0.328. The summed E-state index contributed by atoms with van der Waals surface area (Å²) in [5.41, 5.74) is 0.476. The molecule has 5 aliphatic rings. The quantitative estimate of drug-likeness (QED) is 0.767. The number of aliphatic hydroxyl groups is 1. The highest BCUT2D eigenvalue weighted by atomic mass is 16.5. The molecule has 1 atom stereocenters. The number of likely N-dealkylation sites (N-methyl/N-ethyl adjacent to an activating group) is 1. The SMILES string of the molecule is CN(C[C@H](O)COCC12CC3CC(CC(C3)C1)C2)C1CCCCC1. The van der Waals surface area contributed by atoms with Gasteiger partial charge in [-0.25, -0.2) is 0 Å². The van der Waals surface area contributed by atoms with E-state index < -0.39 is 0 Å². The van der Waals surface area contributed by atoms with E-state index in [1.807, 2.05) is 0 Å². The molecule has 0 aromatic heterocycles. The summed E-state index contributed by atoms with van der Waals surface area (Å²) in [5.74, 6) is 2.96. The van der Waals surface area contributed by atoms with Crippen molar-refractivity contribution < 1.29 is 9.84 Å². The molecule has 0 aliphatic heterocycles. The van der Waals surface area contributed by atoms with Gasteiger partial charge in [0.25, 0.3) is 0 Å². The molecule has 5 aliphatic carbocycles. The van der Waals surface area contributed by atoms with Crippen molar-refractivity contribution in [1.29, 1.82) is 0 Å². The average molecular weight is 336 g/mol. The zero-order chi connectivity index (χ0) is 16.6. The topological polar surface area (TPSA) is 32.7 Å². The fourth-order valence-electron chi connectivity index (χ4n) is 6.93. The molecule has 3 nitrogen and oxygen atoms in total. The predicted octanol–water partition coefficient (Wildman–Crippen LogP) is 3.84. The molecule has 5 rings (SSSR count). The first-order valence-electron chi connectivity index (χ1n) is 10.6. The molecule has 0 spiro atoms. The number of aliphatic hydroxyl groups excluding tert-OH is 1. The van der Waals surface area contributed by atoms with Crippen LogP contribution < -0.4 is 0 Å². The third-order valence-electron chi connectivity index (χ3n) is 7.58. The first kappa shape index (κ1) is 17.3. The zero-order valence-electron chi connectivity index (χ0n) is 15.6. The summed E-state index contributed by atoms with van der Waals surface area (Å²) in [7, 11) is 2.18. The van der Waals surface area contributed by atoms with Crippen molar-refractivity contribution in [2.24, 2.45) is 23.2 Å². The van der Waals surface area contributed by atoms with Crippen molar-refractivity contribution in [2.45, 2.75) is 82.8 Å². The van der Waals surface area contributed by atoms with Gasteiger partial charge >= 0.3 is 0 Å².